The summed E-state index contributed by atoms with van der Waals surface area (Å²) in [6, 6.07) is 0. The number of hydrogen-bond donors (Lipinski definition) is 1. The van der Waals surface area contributed by atoms with Crippen molar-refractivity contribution in [2.24, 2.45) is 0 Å². The molecule has 0 aromatic carbocycles. The van der Waals surface area contributed by atoms with Crippen LogP contribution in [0.5, 0.6) is 0 Å². The minimum absolute atomic E-state index is 0.341. The maximum Gasteiger partial charge on any atom is 0.217 e. The van der Waals surface area contributed by atoms with Crippen LogP contribution < -0.4 is 0 Å². The molecule has 0 bridgehead atoms. The molecule has 0 saturated heterocycles. The van der Waals surface area contributed by atoms with E-state index < -0.39 is 0 Å². The predicted octanol–water partition coefficient (Wildman–Crippen LogP) is 1.45. The van der Waals surface area contributed by atoms with E-state index in [4.69, 9.17) is 4.42 Å². The summed E-state index contributed by atoms with van der Waals surface area (Å²) in [6.45, 7) is 3.89. The topological polar surface area (TPSA) is 67.6 Å². The molecule has 1 unspecified atom stereocenters. The largest absolute Gasteiger partial charge is 0.426 e. The zero-order chi connectivity index (χ0) is 9.97. The Bertz CT molecular complexity index is 393. The zero-order valence-corrected chi connectivity index (χ0v) is 8.19. The van der Waals surface area contributed by atoms with Gasteiger partial charge in [-0.15, -0.1) is 10.2 Å². The SMILES string of the molecule is Cc1nnc(CC(C)c2cn[nH]c2)o1. The molecule has 0 aliphatic carbocycles. The second-order valence-electron chi connectivity index (χ2n) is 3.35. The summed E-state index contributed by atoms with van der Waals surface area (Å²) in [5.74, 6) is 1.63. The number of aromatic nitrogens is 4. The fourth-order valence-corrected chi connectivity index (χ4v) is 1.33. The van der Waals surface area contributed by atoms with Crippen LogP contribution in [-0.4, -0.2) is 20.4 Å². The Balaban J connectivity index is 2.05. The molecule has 0 aliphatic rings. The Morgan fingerprint density at radius 2 is 2.36 bits per heavy atom. The quantitative estimate of drug-likeness (QED) is 0.799. The van der Waals surface area contributed by atoms with Crippen LogP contribution in [0.1, 0.15) is 30.2 Å². The van der Waals surface area contributed by atoms with E-state index in [1.54, 1.807) is 6.92 Å². The number of aryl methyl sites for hydroxylation is 1. The van der Waals surface area contributed by atoms with Crippen LogP contribution in [0, 0.1) is 6.92 Å². The highest BCUT2D eigenvalue weighted by atomic mass is 16.4. The van der Waals surface area contributed by atoms with Crippen molar-refractivity contribution in [2.45, 2.75) is 26.2 Å². The Hall–Kier alpha value is -1.65. The highest BCUT2D eigenvalue weighted by Crippen LogP contribution is 2.17. The van der Waals surface area contributed by atoms with Gasteiger partial charge < -0.3 is 4.42 Å². The van der Waals surface area contributed by atoms with E-state index in [2.05, 4.69) is 27.3 Å². The summed E-state index contributed by atoms with van der Waals surface area (Å²) in [5.41, 5.74) is 1.15. The third-order valence-electron chi connectivity index (χ3n) is 2.14. The molecule has 1 N–H and O–H groups in total. The Kier molecular flexibility index (Phi) is 2.30. The minimum atomic E-state index is 0.341. The number of nitrogens with one attached hydrogen (secondary N) is 1. The maximum absolute atomic E-state index is 5.30. The molecule has 0 amide bonds. The highest BCUT2D eigenvalue weighted by Gasteiger charge is 2.11. The van der Waals surface area contributed by atoms with Gasteiger partial charge in [0.15, 0.2) is 0 Å². The monoisotopic (exact) mass is 192 g/mol. The first-order chi connectivity index (χ1) is 6.75. The standard InChI is InChI=1S/C9H12N4O/c1-6(8-4-10-11-5-8)3-9-13-12-7(2)14-9/h4-6H,3H2,1-2H3,(H,10,11). The van der Waals surface area contributed by atoms with E-state index >= 15 is 0 Å². The van der Waals surface area contributed by atoms with Crippen molar-refractivity contribution in [3.05, 3.63) is 29.7 Å². The lowest BCUT2D eigenvalue weighted by molar-refractivity contribution is 0.454. The Labute approximate surface area is 81.5 Å². The van der Waals surface area contributed by atoms with Gasteiger partial charge in [-0.05, 0) is 11.5 Å². The van der Waals surface area contributed by atoms with Gasteiger partial charge in [0, 0.05) is 19.5 Å². The molecule has 2 aromatic heterocycles. The first-order valence-electron chi connectivity index (χ1n) is 4.53. The van der Waals surface area contributed by atoms with Gasteiger partial charge in [-0.25, -0.2) is 0 Å². The van der Waals surface area contributed by atoms with E-state index in [0.29, 0.717) is 17.7 Å². The smallest absolute Gasteiger partial charge is 0.217 e. The number of aromatic amines is 1. The average molecular weight is 192 g/mol. The fraction of sp³-hybridized carbons (Fsp3) is 0.444. The molecule has 2 aromatic rings. The zero-order valence-electron chi connectivity index (χ0n) is 8.19. The molecule has 2 heterocycles. The second-order valence-corrected chi connectivity index (χ2v) is 3.35. The van der Waals surface area contributed by atoms with Gasteiger partial charge in [0.1, 0.15) is 0 Å². The van der Waals surface area contributed by atoms with Crippen LogP contribution in [-0.2, 0) is 6.42 Å². The first-order valence-corrected chi connectivity index (χ1v) is 4.53. The van der Waals surface area contributed by atoms with Gasteiger partial charge in [0.25, 0.3) is 0 Å². The van der Waals surface area contributed by atoms with E-state index in [9.17, 15) is 0 Å². The summed E-state index contributed by atoms with van der Waals surface area (Å²) >= 11 is 0. The Morgan fingerprint density at radius 1 is 1.50 bits per heavy atom. The van der Waals surface area contributed by atoms with Gasteiger partial charge >= 0.3 is 0 Å². The van der Waals surface area contributed by atoms with Crippen molar-refractivity contribution in [3.8, 4) is 0 Å². The maximum atomic E-state index is 5.30. The molecule has 14 heavy (non-hydrogen) atoms. The summed E-state index contributed by atoms with van der Waals surface area (Å²) in [4.78, 5) is 0. The molecule has 0 aliphatic heterocycles. The van der Waals surface area contributed by atoms with Gasteiger partial charge in [-0.1, -0.05) is 6.92 Å². The molecule has 5 nitrogen and oxygen atoms in total. The first kappa shape index (κ1) is 8.93. The average Bonchev–Trinajstić information content (AvgIpc) is 2.75. The molecule has 5 heteroatoms. The van der Waals surface area contributed by atoms with Crippen LogP contribution in [0.3, 0.4) is 0 Å². The van der Waals surface area contributed by atoms with Crippen molar-refractivity contribution in [1.82, 2.24) is 20.4 Å². The van der Waals surface area contributed by atoms with Crippen LogP contribution in [0.4, 0.5) is 0 Å². The van der Waals surface area contributed by atoms with Crippen LogP contribution in [0.2, 0.25) is 0 Å². The summed E-state index contributed by atoms with van der Waals surface area (Å²) < 4.78 is 5.30. The lowest BCUT2D eigenvalue weighted by atomic mass is 10.0. The van der Waals surface area contributed by atoms with Gasteiger partial charge in [0.2, 0.25) is 11.8 Å². The van der Waals surface area contributed by atoms with E-state index in [1.807, 2.05) is 12.4 Å². The highest BCUT2D eigenvalue weighted by molar-refractivity contribution is 5.10. The molecule has 2 rings (SSSR count). The lowest BCUT2D eigenvalue weighted by Crippen LogP contribution is -1.97. The number of hydrogen-bond acceptors (Lipinski definition) is 4. The third kappa shape index (κ3) is 1.81. The van der Waals surface area contributed by atoms with Crippen LogP contribution in [0.15, 0.2) is 16.8 Å². The molecule has 1 atom stereocenters. The van der Waals surface area contributed by atoms with Crippen molar-refractivity contribution >= 4 is 0 Å². The van der Waals surface area contributed by atoms with Crippen LogP contribution in [0.25, 0.3) is 0 Å². The molecule has 0 spiro atoms. The number of rotatable bonds is 3. The molecule has 0 fully saturated rings. The second kappa shape index (κ2) is 3.61. The van der Waals surface area contributed by atoms with Crippen molar-refractivity contribution < 1.29 is 4.42 Å². The van der Waals surface area contributed by atoms with Crippen molar-refractivity contribution in [1.29, 1.82) is 0 Å². The van der Waals surface area contributed by atoms with E-state index in [-0.39, 0.29) is 0 Å². The molecular formula is C9H12N4O. The number of H-pyrrole nitrogens is 1. The van der Waals surface area contributed by atoms with Crippen molar-refractivity contribution in [2.75, 3.05) is 0 Å². The van der Waals surface area contributed by atoms with Gasteiger partial charge in [0.05, 0.1) is 6.20 Å². The van der Waals surface area contributed by atoms with Crippen LogP contribution >= 0.6 is 0 Å². The normalized spacial score (nSPS) is 13.0. The molecule has 0 radical (unpaired) electrons. The van der Waals surface area contributed by atoms with Crippen molar-refractivity contribution in [3.63, 3.8) is 0 Å². The lowest BCUT2D eigenvalue weighted by Gasteiger charge is -2.03. The summed E-state index contributed by atoms with van der Waals surface area (Å²) in [7, 11) is 0. The van der Waals surface area contributed by atoms with Gasteiger partial charge in [-0.2, -0.15) is 5.10 Å². The predicted molar refractivity (Wildman–Crippen MR) is 49.7 cm³/mol. The minimum Gasteiger partial charge on any atom is -0.426 e. The summed E-state index contributed by atoms with van der Waals surface area (Å²) in [5, 5.41) is 14.4. The molecule has 74 valence electrons. The molecule has 0 saturated carbocycles. The van der Waals surface area contributed by atoms with E-state index in [0.717, 1.165) is 12.0 Å². The Morgan fingerprint density at radius 3 is 2.93 bits per heavy atom. The van der Waals surface area contributed by atoms with Gasteiger partial charge in [-0.3, -0.25) is 5.10 Å². The third-order valence-corrected chi connectivity index (χ3v) is 2.14. The van der Waals surface area contributed by atoms with E-state index in [1.165, 1.54) is 0 Å². The summed E-state index contributed by atoms with van der Waals surface area (Å²) in [6.07, 6.45) is 4.45. The number of nitrogens with zero attached hydrogens (tertiary/aromatic N) is 3. The molecular weight excluding hydrogens is 180 g/mol. The fourth-order valence-electron chi connectivity index (χ4n) is 1.33.